The second-order valence-electron chi connectivity index (χ2n) is 4.65. The average molecular weight is 356 g/mol. The van der Waals surface area contributed by atoms with Crippen LogP contribution in [-0.4, -0.2) is 15.1 Å². The molecule has 3 aromatic rings. The third-order valence-electron chi connectivity index (χ3n) is 2.98. The molecule has 0 fully saturated rings. The van der Waals surface area contributed by atoms with Crippen LogP contribution in [0.4, 0.5) is 13.2 Å². The number of aromatic nitrogens is 3. The molecule has 0 saturated carbocycles. The zero-order valence-corrected chi connectivity index (χ0v) is 12.7. The number of nitrogens with zero attached hydrogens (tertiary/aromatic N) is 3. The molecular formula is C15H9ClF3N3O2. The van der Waals surface area contributed by atoms with E-state index in [9.17, 15) is 13.2 Å². The van der Waals surface area contributed by atoms with Gasteiger partial charge in [-0.3, -0.25) is 0 Å². The number of hydrogen-bond donors (Lipinski definition) is 0. The van der Waals surface area contributed by atoms with Crippen molar-refractivity contribution in [2.75, 3.05) is 0 Å². The summed E-state index contributed by atoms with van der Waals surface area (Å²) in [6.07, 6.45) is -3.71. The third kappa shape index (κ3) is 3.65. The van der Waals surface area contributed by atoms with Crippen LogP contribution in [0, 0.1) is 0 Å². The van der Waals surface area contributed by atoms with Crippen LogP contribution in [0.3, 0.4) is 0 Å². The Hall–Kier alpha value is -2.61. The summed E-state index contributed by atoms with van der Waals surface area (Å²) in [5.74, 6) is 1.27. The molecule has 0 aliphatic carbocycles. The van der Waals surface area contributed by atoms with Gasteiger partial charge in [-0.15, -0.1) is 11.6 Å². The predicted octanol–water partition coefficient (Wildman–Crippen LogP) is 4.68. The predicted molar refractivity (Wildman–Crippen MR) is 78.6 cm³/mol. The van der Waals surface area contributed by atoms with Crippen LogP contribution in [0.15, 0.2) is 47.1 Å². The fourth-order valence-corrected chi connectivity index (χ4v) is 1.94. The van der Waals surface area contributed by atoms with E-state index in [-0.39, 0.29) is 11.8 Å². The van der Waals surface area contributed by atoms with E-state index in [2.05, 4.69) is 15.1 Å². The summed E-state index contributed by atoms with van der Waals surface area (Å²) in [5, 5.41) is 3.77. The summed E-state index contributed by atoms with van der Waals surface area (Å²) in [5.41, 5.74) is -0.153. The van der Waals surface area contributed by atoms with Crippen molar-refractivity contribution >= 4 is 11.6 Å². The average Bonchev–Trinajstić information content (AvgIpc) is 3.04. The van der Waals surface area contributed by atoms with E-state index in [1.165, 1.54) is 0 Å². The first kappa shape index (κ1) is 16.3. The number of ether oxygens (including phenoxy) is 1. The zero-order valence-electron chi connectivity index (χ0n) is 11.9. The van der Waals surface area contributed by atoms with E-state index < -0.39 is 11.7 Å². The maximum absolute atomic E-state index is 12.5. The molecule has 3 rings (SSSR count). The van der Waals surface area contributed by atoms with Crippen molar-refractivity contribution in [1.82, 2.24) is 15.1 Å². The molecule has 0 amide bonds. The molecule has 2 aromatic heterocycles. The summed E-state index contributed by atoms with van der Waals surface area (Å²) in [7, 11) is 0. The normalized spacial score (nSPS) is 11.5. The van der Waals surface area contributed by atoms with E-state index in [0.29, 0.717) is 23.0 Å². The molecule has 0 atom stereocenters. The molecule has 0 spiro atoms. The van der Waals surface area contributed by atoms with Crippen molar-refractivity contribution in [3.63, 3.8) is 0 Å². The second kappa shape index (κ2) is 6.48. The van der Waals surface area contributed by atoms with Gasteiger partial charge in [0, 0.05) is 17.8 Å². The Labute approximate surface area is 139 Å². The standard InChI is InChI=1S/C15H9ClF3N3O2/c16-7-13-21-14(22-24-13)9-1-4-11(5-2-9)23-12-6-3-10(8-20-12)15(17,18)19/h1-6,8H,7H2. The van der Waals surface area contributed by atoms with Crippen LogP contribution >= 0.6 is 11.6 Å². The van der Waals surface area contributed by atoms with Gasteiger partial charge in [0.15, 0.2) is 0 Å². The number of hydrogen-bond acceptors (Lipinski definition) is 5. The van der Waals surface area contributed by atoms with Gasteiger partial charge in [0.1, 0.15) is 11.6 Å². The van der Waals surface area contributed by atoms with Crippen LogP contribution in [0.25, 0.3) is 11.4 Å². The van der Waals surface area contributed by atoms with E-state index in [1.54, 1.807) is 24.3 Å². The molecule has 124 valence electrons. The number of pyridine rings is 1. The van der Waals surface area contributed by atoms with Crippen molar-refractivity contribution in [3.05, 3.63) is 54.0 Å². The van der Waals surface area contributed by atoms with Gasteiger partial charge in [-0.05, 0) is 30.3 Å². The van der Waals surface area contributed by atoms with Gasteiger partial charge in [-0.25, -0.2) is 4.98 Å². The molecule has 0 radical (unpaired) electrons. The maximum Gasteiger partial charge on any atom is 0.417 e. The minimum atomic E-state index is -4.43. The number of rotatable bonds is 4. The van der Waals surface area contributed by atoms with Gasteiger partial charge in [0.2, 0.25) is 17.6 Å². The first-order chi connectivity index (χ1) is 11.5. The third-order valence-corrected chi connectivity index (χ3v) is 3.21. The second-order valence-corrected chi connectivity index (χ2v) is 4.92. The molecule has 5 nitrogen and oxygen atoms in total. The van der Waals surface area contributed by atoms with E-state index >= 15 is 0 Å². The number of alkyl halides is 4. The SMILES string of the molecule is FC(F)(F)c1ccc(Oc2ccc(-c3noc(CCl)n3)cc2)nc1. The first-order valence-corrected chi connectivity index (χ1v) is 7.19. The summed E-state index contributed by atoms with van der Waals surface area (Å²) in [6, 6.07) is 8.66. The fourth-order valence-electron chi connectivity index (χ4n) is 1.83. The number of benzene rings is 1. The van der Waals surface area contributed by atoms with Gasteiger partial charge in [0.05, 0.1) is 5.56 Å². The van der Waals surface area contributed by atoms with E-state index in [1.807, 2.05) is 0 Å². The minimum absolute atomic E-state index is 0.0553. The molecule has 24 heavy (non-hydrogen) atoms. The minimum Gasteiger partial charge on any atom is -0.439 e. The van der Waals surface area contributed by atoms with E-state index in [0.717, 1.165) is 18.3 Å². The lowest BCUT2D eigenvalue weighted by Gasteiger charge is -2.08. The molecular weight excluding hydrogens is 347 g/mol. The van der Waals surface area contributed by atoms with Gasteiger partial charge in [0.25, 0.3) is 0 Å². The highest BCUT2D eigenvalue weighted by molar-refractivity contribution is 6.16. The van der Waals surface area contributed by atoms with Gasteiger partial charge >= 0.3 is 6.18 Å². The van der Waals surface area contributed by atoms with Crippen LogP contribution in [-0.2, 0) is 12.1 Å². The monoisotopic (exact) mass is 355 g/mol. The van der Waals surface area contributed by atoms with Crippen LogP contribution in [0.1, 0.15) is 11.5 Å². The summed E-state index contributed by atoms with van der Waals surface area (Å²) < 4.78 is 47.7. The molecule has 0 aliphatic heterocycles. The molecule has 0 aliphatic rings. The molecule has 0 N–H and O–H groups in total. The molecule has 2 heterocycles. The lowest BCUT2D eigenvalue weighted by Crippen LogP contribution is -2.05. The van der Waals surface area contributed by atoms with Crippen LogP contribution < -0.4 is 4.74 Å². The van der Waals surface area contributed by atoms with E-state index in [4.69, 9.17) is 20.9 Å². The van der Waals surface area contributed by atoms with Gasteiger partial charge < -0.3 is 9.26 Å². The molecule has 0 saturated heterocycles. The Kier molecular flexibility index (Phi) is 4.39. The molecule has 9 heteroatoms. The Morgan fingerprint density at radius 1 is 1.08 bits per heavy atom. The Balaban J connectivity index is 1.72. The largest absolute Gasteiger partial charge is 0.439 e. The highest BCUT2D eigenvalue weighted by Crippen LogP contribution is 2.30. The highest BCUT2D eigenvalue weighted by atomic mass is 35.5. The van der Waals surface area contributed by atoms with Crippen molar-refractivity contribution in [2.45, 2.75) is 12.1 Å². The molecule has 1 aromatic carbocycles. The fraction of sp³-hybridized carbons (Fsp3) is 0.133. The summed E-state index contributed by atoms with van der Waals surface area (Å²) >= 11 is 5.59. The highest BCUT2D eigenvalue weighted by Gasteiger charge is 2.30. The van der Waals surface area contributed by atoms with Gasteiger partial charge in [-0.2, -0.15) is 18.2 Å². The Bertz CT molecular complexity index is 817. The van der Waals surface area contributed by atoms with Crippen LogP contribution in [0.2, 0.25) is 0 Å². The molecule has 0 bridgehead atoms. The Morgan fingerprint density at radius 3 is 2.38 bits per heavy atom. The zero-order chi connectivity index (χ0) is 17.2. The Morgan fingerprint density at radius 2 is 1.83 bits per heavy atom. The number of halogens is 4. The maximum atomic E-state index is 12.5. The quantitative estimate of drug-likeness (QED) is 0.636. The van der Waals surface area contributed by atoms with Crippen molar-refractivity contribution < 1.29 is 22.4 Å². The lowest BCUT2D eigenvalue weighted by molar-refractivity contribution is -0.137. The van der Waals surface area contributed by atoms with Crippen LogP contribution in [0.5, 0.6) is 11.6 Å². The van der Waals surface area contributed by atoms with Crippen molar-refractivity contribution in [1.29, 1.82) is 0 Å². The van der Waals surface area contributed by atoms with Gasteiger partial charge in [-0.1, -0.05) is 5.16 Å². The first-order valence-electron chi connectivity index (χ1n) is 6.66. The summed E-state index contributed by atoms with van der Waals surface area (Å²) in [4.78, 5) is 7.71. The molecule has 0 unspecified atom stereocenters. The van der Waals surface area contributed by atoms with Crippen molar-refractivity contribution in [3.8, 4) is 23.0 Å². The topological polar surface area (TPSA) is 61.0 Å². The smallest absolute Gasteiger partial charge is 0.417 e. The lowest BCUT2D eigenvalue weighted by atomic mass is 10.2. The van der Waals surface area contributed by atoms with Crippen molar-refractivity contribution in [2.24, 2.45) is 0 Å². The summed E-state index contributed by atoms with van der Waals surface area (Å²) in [6.45, 7) is 0.